The zero-order chi connectivity index (χ0) is 17.1. The fourth-order valence-electron chi connectivity index (χ4n) is 2.78. The third-order valence-corrected chi connectivity index (χ3v) is 4.25. The van der Waals surface area contributed by atoms with E-state index in [1.807, 2.05) is 19.1 Å². The van der Waals surface area contributed by atoms with Crippen molar-refractivity contribution >= 4 is 22.6 Å². The van der Waals surface area contributed by atoms with Crippen LogP contribution in [0.25, 0.3) is 5.57 Å². The van der Waals surface area contributed by atoms with Crippen LogP contribution < -0.4 is 0 Å². The molecule has 3 heteroatoms. The minimum absolute atomic E-state index is 0. The molecule has 0 amide bonds. The molecule has 0 fully saturated rings. The Morgan fingerprint density at radius 2 is 1.72 bits per heavy atom. The van der Waals surface area contributed by atoms with Crippen LogP contribution in [0, 0.1) is 13.8 Å². The molecule has 130 valence electrons. The molecule has 0 radical (unpaired) electrons. The first-order valence-electron chi connectivity index (χ1n) is 8.20. The Balaban J connectivity index is 0.00000225. The summed E-state index contributed by atoms with van der Waals surface area (Å²) in [4.78, 5) is 2.13. The van der Waals surface area contributed by atoms with Crippen molar-refractivity contribution in [3.63, 3.8) is 0 Å². The van der Waals surface area contributed by atoms with Gasteiger partial charge in [0.1, 0.15) is 5.75 Å². The van der Waals surface area contributed by atoms with Gasteiger partial charge < -0.3 is 10.0 Å². The largest absolute Gasteiger partial charge is 0.507 e. The molecule has 2 nitrogen and oxygen atoms in total. The van der Waals surface area contributed by atoms with E-state index in [1.54, 1.807) is 6.07 Å². The summed E-state index contributed by atoms with van der Waals surface area (Å²) < 4.78 is 0. The number of hydrogen-bond acceptors (Lipinski definition) is 2. The van der Waals surface area contributed by atoms with E-state index in [-0.39, 0.29) is 17.0 Å². The normalized spacial score (nSPS) is 14.1. The highest BCUT2D eigenvalue weighted by Gasteiger charge is 2.11. The monoisotopic (exact) mass is 397 g/mol. The zero-order valence-electron chi connectivity index (χ0n) is 14.9. The van der Waals surface area contributed by atoms with Crippen LogP contribution in [0.4, 0.5) is 0 Å². The lowest BCUT2D eigenvalue weighted by atomic mass is 9.93. The first-order valence-corrected chi connectivity index (χ1v) is 8.20. The molecule has 0 aromatic heterocycles. The van der Waals surface area contributed by atoms with Gasteiger partial charge in [-0.25, -0.2) is 0 Å². The molecule has 3 rings (SSSR count). The third kappa shape index (κ3) is 4.64. The van der Waals surface area contributed by atoms with Crippen molar-refractivity contribution in [3.8, 4) is 5.75 Å². The third-order valence-electron chi connectivity index (χ3n) is 4.25. The Hall–Kier alpha value is -2.26. The zero-order valence-corrected chi connectivity index (χ0v) is 16.6. The Morgan fingerprint density at radius 1 is 1.04 bits per heavy atom. The van der Waals surface area contributed by atoms with E-state index in [0.29, 0.717) is 5.75 Å². The van der Waals surface area contributed by atoms with Gasteiger partial charge in [0, 0.05) is 19.2 Å². The van der Waals surface area contributed by atoms with Gasteiger partial charge in [0.05, 0.1) is 0 Å². The van der Waals surface area contributed by atoms with E-state index in [4.69, 9.17) is 0 Å². The lowest BCUT2D eigenvalue weighted by Crippen LogP contribution is -2.13. The summed E-state index contributed by atoms with van der Waals surface area (Å²) in [6, 6.07) is 14.2. The number of nitrogens with zero attached hydrogens (tertiary/aromatic N) is 1. The van der Waals surface area contributed by atoms with E-state index < -0.39 is 0 Å². The molecule has 1 aliphatic rings. The lowest BCUT2D eigenvalue weighted by molar-refractivity contribution is 0.473. The molecular formula is C22H24BrNO. The second-order valence-electron chi connectivity index (χ2n) is 6.40. The molecule has 0 unspecified atom stereocenters. The van der Waals surface area contributed by atoms with Gasteiger partial charge in [0.2, 0.25) is 0 Å². The number of benzene rings is 2. The molecule has 0 aliphatic carbocycles. The standard InChI is InChI=1S/C22H23NO.BrH/c1-16-4-7-19(8-5-16)20(15-18-10-12-23(3)13-11-18)21-14-17(2)6-9-22(21)24;/h4-12,14-15,24H,13H2,1-3H3;1H. The minimum Gasteiger partial charge on any atom is -0.507 e. The number of phenolic OH excluding ortho intramolecular Hbond substituents is 1. The molecule has 0 spiro atoms. The lowest BCUT2D eigenvalue weighted by Gasteiger charge is -2.17. The number of aromatic hydroxyl groups is 1. The number of hydrogen-bond donors (Lipinski definition) is 1. The Labute approximate surface area is 160 Å². The summed E-state index contributed by atoms with van der Waals surface area (Å²) in [6.07, 6.45) is 8.53. The maximum absolute atomic E-state index is 10.4. The fourth-order valence-corrected chi connectivity index (χ4v) is 2.78. The molecule has 2 aromatic carbocycles. The van der Waals surface area contributed by atoms with E-state index in [2.05, 4.69) is 67.6 Å². The van der Waals surface area contributed by atoms with Crippen molar-refractivity contribution in [2.24, 2.45) is 0 Å². The van der Waals surface area contributed by atoms with Gasteiger partial charge in [-0.1, -0.05) is 47.5 Å². The predicted octanol–water partition coefficient (Wildman–Crippen LogP) is 5.40. The smallest absolute Gasteiger partial charge is 0.123 e. The molecule has 0 saturated carbocycles. The van der Waals surface area contributed by atoms with Crippen LogP contribution >= 0.6 is 17.0 Å². The molecule has 2 aromatic rings. The van der Waals surface area contributed by atoms with Crippen LogP contribution in [-0.4, -0.2) is 23.6 Å². The summed E-state index contributed by atoms with van der Waals surface area (Å²) in [5.41, 5.74) is 6.53. The topological polar surface area (TPSA) is 23.5 Å². The van der Waals surface area contributed by atoms with Gasteiger partial charge in [0.25, 0.3) is 0 Å². The molecule has 0 saturated heterocycles. The molecule has 0 atom stereocenters. The molecule has 25 heavy (non-hydrogen) atoms. The number of rotatable bonds is 3. The number of likely N-dealkylation sites (N-methyl/N-ethyl adjacent to an activating group) is 1. The molecule has 1 aliphatic heterocycles. The number of aryl methyl sites for hydroxylation is 2. The highest BCUT2D eigenvalue weighted by molar-refractivity contribution is 8.93. The Morgan fingerprint density at radius 3 is 2.36 bits per heavy atom. The van der Waals surface area contributed by atoms with E-state index in [9.17, 15) is 5.11 Å². The van der Waals surface area contributed by atoms with Crippen molar-refractivity contribution in [2.45, 2.75) is 13.8 Å². The molecular weight excluding hydrogens is 374 g/mol. The van der Waals surface area contributed by atoms with E-state index >= 15 is 0 Å². The SMILES string of the molecule is Br.Cc1ccc(C(=CC2=CCN(C)C=C2)c2cc(C)ccc2O)cc1. The molecule has 1 heterocycles. The first-order chi connectivity index (χ1) is 11.5. The van der Waals surface area contributed by atoms with Crippen LogP contribution in [0.2, 0.25) is 0 Å². The van der Waals surface area contributed by atoms with E-state index in [1.165, 1.54) is 5.56 Å². The first kappa shape index (κ1) is 19.1. The van der Waals surface area contributed by atoms with Gasteiger partial charge in [-0.15, -0.1) is 17.0 Å². The maximum atomic E-state index is 10.4. The van der Waals surface area contributed by atoms with Gasteiger partial charge in [0.15, 0.2) is 0 Å². The van der Waals surface area contributed by atoms with Crippen molar-refractivity contribution in [1.29, 1.82) is 0 Å². The summed E-state index contributed by atoms with van der Waals surface area (Å²) in [5, 5.41) is 10.4. The highest BCUT2D eigenvalue weighted by Crippen LogP contribution is 2.32. The van der Waals surface area contributed by atoms with Gasteiger partial charge in [-0.05, 0) is 61.0 Å². The van der Waals surface area contributed by atoms with Crippen LogP contribution in [0.1, 0.15) is 22.3 Å². The average molecular weight is 398 g/mol. The van der Waals surface area contributed by atoms with Crippen LogP contribution in [0.5, 0.6) is 5.75 Å². The van der Waals surface area contributed by atoms with Crippen LogP contribution in [0.3, 0.4) is 0 Å². The van der Waals surface area contributed by atoms with Gasteiger partial charge >= 0.3 is 0 Å². The quantitative estimate of drug-likeness (QED) is 0.748. The fraction of sp³-hybridized carbons (Fsp3) is 0.182. The van der Waals surface area contributed by atoms with Crippen molar-refractivity contribution in [3.05, 3.63) is 94.7 Å². The minimum atomic E-state index is 0. The number of allylic oxidation sites excluding steroid dienone is 3. The summed E-state index contributed by atoms with van der Waals surface area (Å²) in [7, 11) is 2.06. The number of halogens is 1. The summed E-state index contributed by atoms with van der Waals surface area (Å²) >= 11 is 0. The summed E-state index contributed by atoms with van der Waals surface area (Å²) in [6.45, 7) is 5.02. The van der Waals surface area contributed by atoms with E-state index in [0.717, 1.165) is 34.4 Å². The second-order valence-corrected chi connectivity index (χ2v) is 6.40. The maximum Gasteiger partial charge on any atom is 0.123 e. The number of phenols is 1. The van der Waals surface area contributed by atoms with Crippen molar-refractivity contribution < 1.29 is 5.11 Å². The van der Waals surface area contributed by atoms with Crippen LogP contribution in [0.15, 0.2) is 72.5 Å². The second kappa shape index (κ2) is 8.21. The molecule has 0 bridgehead atoms. The van der Waals surface area contributed by atoms with Crippen molar-refractivity contribution in [2.75, 3.05) is 13.6 Å². The highest BCUT2D eigenvalue weighted by atomic mass is 79.9. The van der Waals surface area contributed by atoms with Gasteiger partial charge in [-0.3, -0.25) is 0 Å². The Bertz CT molecular complexity index is 832. The predicted molar refractivity (Wildman–Crippen MR) is 111 cm³/mol. The van der Waals surface area contributed by atoms with Crippen LogP contribution in [-0.2, 0) is 0 Å². The molecule has 1 N–H and O–H groups in total. The van der Waals surface area contributed by atoms with Gasteiger partial charge in [-0.2, -0.15) is 0 Å². The average Bonchev–Trinajstić information content (AvgIpc) is 2.58. The Kier molecular flexibility index (Phi) is 6.27. The summed E-state index contributed by atoms with van der Waals surface area (Å²) in [5.74, 6) is 0.310. The van der Waals surface area contributed by atoms with Crippen molar-refractivity contribution in [1.82, 2.24) is 4.90 Å².